The van der Waals surface area contributed by atoms with Crippen molar-refractivity contribution in [2.24, 2.45) is 22.2 Å². The Morgan fingerprint density at radius 3 is 2.48 bits per heavy atom. The summed E-state index contributed by atoms with van der Waals surface area (Å²) in [6.45, 7) is 9.43. The van der Waals surface area contributed by atoms with Crippen molar-refractivity contribution < 1.29 is 14.0 Å². The van der Waals surface area contributed by atoms with Gasteiger partial charge in [-0.25, -0.2) is 4.99 Å². The molecule has 1 N–H and O–H groups in total. The highest BCUT2D eigenvalue weighted by Gasteiger charge is 2.40. The number of carbonyl (C=O) groups excluding carboxylic acids is 2. The van der Waals surface area contributed by atoms with Gasteiger partial charge in [-0.1, -0.05) is 51.4 Å². The van der Waals surface area contributed by atoms with E-state index in [4.69, 9.17) is 11.6 Å². The van der Waals surface area contributed by atoms with E-state index in [1.54, 1.807) is 0 Å². The maximum atomic E-state index is 13.4. The molecule has 1 unspecified atom stereocenters. The van der Waals surface area contributed by atoms with Gasteiger partial charge in [0.1, 0.15) is 6.04 Å². The summed E-state index contributed by atoms with van der Waals surface area (Å²) < 4.78 is 13.1. The lowest BCUT2D eigenvalue weighted by Gasteiger charge is -2.45. The molecule has 3 atom stereocenters. The molecular weight excluding hydrogens is 417 g/mol. The Balaban J connectivity index is 1.68. The van der Waals surface area contributed by atoms with Crippen LogP contribution < -0.4 is 5.32 Å². The molecule has 7 heteroatoms. The Bertz CT molecular complexity index is 879. The maximum Gasteiger partial charge on any atom is 0.245 e. The standard InChI is InChI=1S/C24H31ClFN3O2/c1-15(2)21(28-22(30)17-7-10-20(26)27-13-17)23(31)29-12-11-19(24(3,4)14-29)16-5-8-18(25)9-6-16/h5-6,8-10,13,15,17,19,21H,7,11-12,14H2,1-4H3,(H,28,30)/t17?,19-,21-/m1/s1. The second-order valence-electron chi connectivity index (χ2n) is 9.52. The highest BCUT2D eigenvalue weighted by molar-refractivity contribution is 6.30. The number of rotatable bonds is 5. The number of nitrogens with one attached hydrogen (secondary N) is 1. The van der Waals surface area contributed by atoms with E-state index in [9.17, 15) is 14.0 Å². The fraction of sp³-hybridized carbons (Fsp3) is 0.542. The Morgan fingerprint density at radius 2 is 1.94 bits per heavy atom. The summed E-state index contributed by atoms with van der Waals surface area (Å²) in [5, 5.41) is 3.60. The van der Waals surface area contributed by atoms with Gasteiger partial charge < -0.3 is 10.2 Å². The van der Waals surface area contributed by atoms with Crippen LogP contribution in [0.1, 0.15) is 52.0 Å². The van der Waals surface area contributed by atoms with Gasteiger partial charge in [0, 0.05) is 24.3 Å². The molecule has 0 spiro atoms. The zero-order valence-electron chi connectivity index (χ0n) is 18.6. The van der Waals surface area contributed by atoms with Gasteiger partial charge in [0.25, 0.3) is 0 Å². The molecule has 1 saturated heterocycles. The van der Waals surface area contributed by atoms with Crippen LogP contribution in [0, 0.1) is 17.3 Å². The van der Waals surface area contributed by atoms with Crippen molar-refractivity contribution in [1.29, 1.82) is 0 Å². The summed E-state index contributed by atoms with van der Waals surface area (Å²) in [5.74, 6) is -1.25. The Labute approximate surface area is 188 Å². The zero-order chi connectivity index (χ0) is 22.8. The van der Waals surface area contributed by atoms with E-state index in [0.29, 0.717) is 24.0 Å². The molecule has 0 radical (unpaired) electrons. The van der Waals surface area contributed by atoms with Crippen molar-refractivity contribution in [2.45, 2.75) is 52.5 Å². The summed E-state index contributed by atoms with van der Waals surface area (Å²) in [6.07, 6.45) is 3.70. The van der Waals surface area contributed by atoms with Gasteiger partial charge in [0.15, 0.2) is 0 Å². The second kappa shape index (κ2) is 9.51. The van der Waals surface area contributed by atoms with Gasteiger partial charge in [0.05, 0.1) is 5.92 Å². The van der Waals surface area contributed by atoms with E-state index in [1.165, 1.54) is 17.9 Å². The van der Waals surface area contributed by atoms with E-state index in [1.807, 2.05) is 30.9 Å². The van der Waals surface area contributed by atoms with Crippen molar-refractivity contribution >= 4 is 29.6 Å². The minimum absolute atomic E-state index is 0.0682. The van der Waals surface area contributed by atoms with E-state index in [2.05, 4.69) is 36.3 Å². The lowest BCUT2D eigenvalue weighted by molar-refractivity contribution is -0.141. The lowest BCUT2D eigenvalue weighted by Crippen LogP contribution is -2.56. The van der Waals surface area contributed by atoms with Crippen LogP contribution in [-0.4, -0.2) is 42.1 Å². The van der Waals surface area contributed by atoms with Crippen LogP contribution in [0.2, 0.25) is 5.02 Å². The predicted octanol–water partition coefficient (Wildman–Crippen LogP) is 4.72. The molecule has 31 heavy (non-hydrogen) atoms. The number of carbonyl (C=O) groups is 2. The van der Waals surface area contributed by atoms with Crippen LogP contribution in [0.5, 0.6) is 0 Å². The molecule has 0 aliphatic carbocycles. The van der Waals surface area contributed by atoms with E-state index < -0.39 is 17.9 Å². The number of benzene rings is 1. The van der Waals surface area contributed by atoms with Crippen LogP contribution in [0.25, 0.3) is 0 Å². The highest BCUT2D eigenvalue weighted by Crippen LogP contribution is 2.42. The minimum Gasteiger partial charge on any atom is -0.343 e. The number of likely N-dealkylation sites (tertiary alicyclic amines) is 1. The Morgan fingerprint density at radius 1 is 1.26 bits per heavy atom. The number of hydrogen-bond acceptors (Lipinski definition) is 3. The quantitative estimate of drug-likeness (QED) is 0.663. The summed E-state index contributed by atoms with van der Waals surface area (Å²) in [7, 11) is 0. The smallest absolute Gasteiger partial charge is 0.245 e. The molecule has 5 nitrogen and oxygen atoms in total. The summed E-state index contributed by atoms with van der Waals surface area (Å²) in [6, 6.07) is 7.31. The molecule has 3 rings (SSSR count). The van der Waals surface area contributed by atoms with E-state index in [-0.39, 0.29) is 29.6 Å². The third-order valence-corrected chi connectivity index (χ3v) is 6.55. The average molecular weight is 448 g/mol. The van der Waals surface area contributed by atoms with Crippen molar-refractivity contribution in [1.82, 2.24) is 10.2 Å². The summed E-state index contributed by atoms with van der Waals surface area (Å²) in [5.41, 5.74) is 1.11. The molecule has 1 aromatic carbocycles. The number of hydrogen-bond donors (Lipinski definition) is 1. The Hall–Kier alpha value is -2.21. The molecule has 0 bridgehead atoms. The van der Waals surface area contributed by atoms with Crippen molar-refractivity contribution in [3.8, 4) is 0 Å². The third-order valence-electron chi connectivity index (χ3n) is 6.30. The van der Waals surface area contributed by atoms with Crippen LogP contribution >= 0.6 is 11.6 Å². The monoisotopic (exact) mass is 447 g/mol. The minimum atomic E-state index is -0.625. The number of piperidine rings is 1. The first-order valence-electron chi connectivity index (χ1n) is 10.8. The van der Waals surface area contributed by atoms with E-state index in [0.717, 1.165) is 6.42 Å². The summed E-state index contributed by atoms with van der Waals surface area (Å²) >= 11 is 6.04. The lowest BCUT2D eigenvalue weighted by atomic mass is 9.70. The van der Waals surface area contributed by atoms with Gasteiger partial charge in [-0.2, -0.15) is 4.39 Å². The number of nitrogens with zero attached hydrogens (tertiary/aromatic N) is 2. The number of allylic oxidation sites excluding steroid dienone is 1. The number of halogens is 2. The van der Waals surface area contributed by atoms with Crippen molar-refractivity contribution in [3.63, 3.8) is 0 Å². The second-order valence-corrected chi connectivity index (χ2v) is 9.96. The van der Waals surface area contributed by atoms with Crippen LogP contribution in [0.15, 0.2) is 41.3 Å². The molecule has 1 fully saturated rings. The third kappa shape index (κ3) is 5.53. The first kappa shape index (κ1) is 23.5. The predicted molar refractivity (Wildman–Crippen MR) is 122 cm³/mol. The number of amides is 2. The fourth-order valence-corrected chi connectivity index (χ4v) is 4.63. The first-order valence-corrected chi connectivity index (χ1v) is 11.2. The van der Waals surface area contributed by atoms with Crippen LogP contribution in [0.3, 0.4) is 0 Å². The van der Waals surface area contributed by atoms with Crippen molar-refractivity contribution in [2.75, 3.05) is 13.1 Å². The molecule has 1 aromatic rings. The van der Waals surface area contributed by atoms with E-state index >= 15 is 0 Å². The Kier molecular flexibility index (Phi) is 7.20. The van der Waals surface area contributed by atoms with Crippen molar-refractivity contribution in [3.05, 3.63) is 46.9 Å². The molecule has 0 saturated carbocycles. The molecule has 2 aliphatic rings. The summed E-state index contributed by atoms with van der Waals surface area (Å²) in [4.78, 5) is 31.5. The molecular formula is C24H31ClFN3O2. The normalized spacial score (nSPS) is 24.0. The molecule has 0 aromatic heterocycles. The topological polar surface area (TPSA) is 61.8 Å². The zero-order valence-corrected chi connectivity index (χ0v) is 19.3. The van der Waals surface area contributed by atoms with Gasteiger partial charge in [-0.05, 0) is 53.9 Å². The van der Waals surface area contributed by atoms with Gasteiger partial charge in [-0.3, -0.25) is 9.59 Å². The average Bonchev–Trinajstić information content (AvgIpc) is 2.72. The molecule has 2 aliphatic heterocycles. The molecule has 2 heterocycles. The van der Waals surface area contributed by atoms with Gasteiger partial charge >= 0.3 is 0 Å². The van der Waals surface area contributed by atoms with Crippen LogP contribution in [-0.2, 0) is 9.59 Å². The largest absolute Gasteiger partial charge is 0.343 e. The fourth-order valence-electron chi connectivity index (χ4n) is 4.50. The SMILES string of the molecule is CC(C)[C@@H](NC(=O)C1C=NC(F)=CC1)C(=O)N1CC[C@H](c2ccc(Cl)cc2)C(C)(C)C1. The van der Waals surface area contributed by atoms with Gasteiger partial charge in [-0.15, -0.1) is 0 Å². The molecule has 168 valence electrons. The molecule has 2 amide bonds. The first-order chi connectivity index (χ1) is 14.6. The maximum absolute atomic E-state index is 13.4. The highest BCUT2D eigenvalue weighted by atomic mass is 35.5. The van der Waals surface area contributed by atoms with Crippen LogP contribution in [0.4, 0.5) is 4.39 Å². The van der Waals surface area contributed by atoms with Gasteiger partial charge in [0.2, 0.25) is 17.8 Å². The number of aliphatic imine (C=N–C) groups is 1.